The Hall–Kier alpha value is -1.42. The van der Waals surface area contributed by atoms with Gasteiger partial charge in [0, 0.05) is 17.5 Å². The highest BCUT2D eigenvalue weighted by atomic mass is 35.5. The molecule has 1 aliphatic carbocycles. The first-order valence-corrected chi connectivity index (χ1v) is 7.32. The largest absolute Gasteiger partial charge is 0.493 e. The first kappa shape index (κ1) is 15.0. The fraction of sp³-hybridized carbons (Fsp3) is 0.533. The number of hydrogen-bond acceptors (Lipinski definition) is 3. The molecule has 20 heavy (non-hydrogen) atoms. The molecule has 2 unspecified atom stereocenters. The molecular formula is C15H20ClNO3. The van der Waals surface area contributed by atoms with E-state index in [1.165, 1.54) is 0 Å². The maximum atomic E-state index is 12.3. The Kier molecular flexibility index (Phi) is 5.12. The van der Waals surface area contributed by atoms with Crippen LogP contribution in [0.4, 0.5) is 0 Å². The van der Waals surface area contributed by atoms with Gasteiger partial charge in [0.2, 0.25) is 0 Å². The molecule has 0 radical (unpaired) electrons. The fourth-order valence-electron chi connectivity index (χ4n) is 2.64. The van der Waals surface area contributed by atoms with Crippen LogP contribution in [0.1, 0.15) is 29.6 Å². The van der Waals surface area contributed by atoms with Crippen molar-refractivity contribution in [1.82, 2.24) is 5.32 Å². The summed E-state index contributed by atoms with van der Waals surface area (Å²) in [5, 5.41) is 3.07. The van der Waals surface area contributed by atoms with Gasteiger partial charge in [0.05, 0.1) is 14.2 Å². The minimum Gasteiger partial charge on any atom is -0.493 e. The first-order chi connectivity index (χ1) is 9.69. The summed E-state index contributed by atoms with van der Waals surface area (Å²) in [5.74, 6) is 2.05. The van der Waals surface area contributed by atoms with Gasteiger partial charge in [-0.15, -0.1) is 11.6 Å². The Labute approximate surface area is 124 Å². The van der Waals surface area contributed by atoms with Gasteiger partial charge in [-0.3, -0.25) is 4.79 Å². The average molecular weight is 298 g/mol. The summed E-state index contributed by atoms with van der Waals surface area (Å²) in [4.78, 5) is 12.3. The van der Waals surface area contributed by atoms with E-state index >= 15 is 0 Å². The molecule has 0 bridgehead atoms. The standard InChI is InChI=1S/C15H20ClNO3/c1-19-13-7-6-10(8-14(13)20-2)15(18)17-12-5-3-4-11(12)9-16/h6-8,11-12H,3-5,9H2,1-2H3,(H,17,18). The number of nitrogens with one attached hydrogen (secondary N) is 1. The molecule has 1 fully saturated rings. The van der Waals surface area contributed by atoms with Gasteiger partial charge in [-0.1, -0.05) is 6.42 Å². The van der Waals surface area contributed by atoms with Crippen molar-refractivity contribution in [3.63, 3.8) is 0 Å². The molecule has 2 rings (SSSR count). The molecule has 1 aromatic rings. The van der Waals surface area contributed by atoms with Gasteiger partial charge < -0.3 is 14.8 Å². The molecule has 1 saturated carbocycles. The molecule has 110 valence electrons. The number of alkyl halides is 1. The van der Waals surface area contributed by atoms with Gasteiger partial charge in [0.25, 0.3) is 5.91 Å². The molecule has 0 spiro atoms. The Balaban J connectivity index is 2.09. The second-order valence-corrected chi connectivity index (χ2v) is 5.30. The van der Waals surface area contributed by atoms with Crippen LogP contribution < -0.4 is 14.8 Å². The van der Waals surface area contributed by atoms with Gasteiger partial charge in [0.15, 0.2) is 11.5 Å². The van der Waals surface area contributed by atoms with Crippen molar-refractivity contribution in [2.75, 3.05) is 20.1 Å². The van der Waals surface area contributed by atoms with Crippen LogP contribution in [0.25, 0.3) is 0 Å². The summed E-state index contributed by atoms with van der Waals surface area (Å²) in [7, 11) is 3.13. The number of benzene rings is 1. The normalized spacial score (nSPS) is 21.6. The third-order valence-corrected chi connectivity index (χ3v) is 4.22. The predicted octanol–water partition coefficient (Wildman–Crippen LogP) is 2.84. The third-order valence-electron chi connectivity index (χ3n) is 3.82. The van der Waals surface area contributed by atoms with Gasteiger partial charge >= 0.3 is 0 Å². The Morgan fingerprint density at radius 2 is 2.05 bits per heavy atom. The van der Waals surface area contributed by atoms with E-state index in [1.807, 2.05) is 0 Å². The summed E-state index contributed by atoms with van der Waals surface area (Å²) < 4.78 is 10.4. The quantitative estimate of drug-likeness (QED) is 0.850. The second kappa shape index (κ2) is 6.84. The summed E-state index contributed by atoms with van der Waals surface area (Å²) in [6, 6.07) is 5.34. The van der Waals surface area contributed by atoms with Crippen LogP contribution in [0.3, 0.4) is 0 Å². The molecule has 1 amide bonds. The zero-order valence-electron chi connectivity index (χ0n) is 11.8. The van der Waals surface area contributed by atoms with E-state index in [1.54, 1.807) is 32.4 Å². The van der Waals surface area contributed by atoms with Crippen molar-refractivity contribution in [3.8, 4) is 11.5 Å². The Morgan fingerprint density at radius 1 is 1.30 bits per heavy atom. The summed E-state index contributed by atoms with van der Waals surface area (Å²) in [6.45, 7) is 0. The van der Waals surface area contributed by atoms with E-state index in [-0.39, 0.29) is 11.9 Å². The van der Waals surface area contributed by atoms with Crippen LogP contribution >= 0.6 is 11.6 Å². The molecule has 4 nitrogen and oxygen atoms in total. The zero-order chi connectivity index (χ0) is 14.5. The van der Waals surface area contributed by atoms with E-state index in [0.29, 0.717) is 28.9 Å². The van der Waals surface area contributed by atoms with Crippen LogP contribution in [-0.2, 0) is 0 Å². The molecule has 0 aliphatic heterocycles. The van der Waals surface area contributed by atoms with E-state index in [0.717, 1.165) is 19.3 Å². The van der Waals surface area contributed by atoms with E-state index < -0.39 is 0 Å². The van der Waals surface area contributed by atoms with Crippen molar-refractivity contribution >= 4 is 17.5 Å². The van der Waals surface area contributed by atoms with Crippen LogP contribution in [-0.4, -0.2) is 32.0 Å². The van der Waals surface area contributed by atoms with Gasteiger partial charge in [0.1, 0.15) is 0 Å². The molecule has 1 aromatic carbocycles. The molecule has 5 heteroatoms. The monoisotopic (exact) mass is 297 g/mol. The zero-order valence-corrected chi connectivity index (χ0v) is 12.6. The maximum absolute atomic E-state index is 12.3. The highest BCUT2D eigenvalue weighted by Crippen LogP contribution is 2.29. The van der Waals surface area contributed by atoms with Crippen LogP contribution in [0, 0.1) is 5.92 Å². The minimum absolute atomic E-state index is 0.0898. The molecule has 1 N–H and O–H groups in total. The number of amides is 1. The fourth-order valence-corrected chi connectivity index (χ4v) is 3.01. The van der Waals surface area contributed by atoms with E-state index in [9.17, 15) is 4.79 Å². The van der Waals surface area contributed by atoms with Crippen LogP contribution in [0.15, 0.2) is 18.2 Å². The summed E-state index contributed by atoms with van der Waals surface area (Å²) >= 11 is 5.93. The van der Waals surface area contributed by atoms with Crippen molar-refractivity contribution < 1.29 is 14.3 Å². The molecule has 2 atom stereocenters. The number of halogens is 1. The van der Waals surface area contributed by atoms with Crippen molar-refractivity contribution in [1.29, 1.82) is 0 Å². The average Bonchev–Trinajstić information content (AvgIpc) is 2.93. The maximum Gasteiger partial charge on any atom is 0.251 e. The molecular weight excluding hydrogens is 278 g/mol. The number of hydrogen-bond donors (Lipinski definition) is 1. The third kappa shape index (κ3) is 3.18. The first-order valence-electron chi connectivity index (χ1n) is 6.78. The van der Waals surface area contributed by atoms with Crippen LogP contribution in [0.2, 0.25) is 0 Å². The lowest BCUT2D eigenvalue weighted by atomic mass is 10.1. The van der Waals surface area contributed by atoms with Crippen LogP contribution in [0.5, 0.6) is 11.5 Å². The summed E-state index contributed by atoms with van der Waals surface area (Å²) in [6.07, 6.45) is 3.20. The van der Waals surface area contributed by atoms with Crippen molar-refractivity contribution in [2.24, 2.45) is 5.92 Å². The lowest BCUT2D eigenvalue weighted by Crippen LogP contribution is -2.37. The smallest absolute Gasteiger partial charge is 0.251 e. The number of carbonyl (C=O) groups excluding carboxylic acids is 1. The number of rotatable bonds is 5. The van der Waals surface area contributed by atoms with Gasteiger partial charge in [-0.2, -0.15) is 0 Å². The van der Waals surface area contributed by atoms with Gasteiger partial charge in [-0.25, -0.2) is 0 Å². The molecule has 0 heterocycles. The predicted molar refractivity (Wildman–Crippen MR) is 78.9 cm³/mol. The minimum atomic E-state index is -0.0898. The van der Waals surface area contributed by atoms with Gasteiger partial charge in [-0.05, 0) is 37.0 Å². The Bertz CT molecular complexity index is 478. The highest BCUT2D eigenvalue weighted by molar-refractivity contribution is 6.18. The number of methoxy groups -OCH3 is 2. The highest BCUT2D eigenvalue weighted by Gasteiger charge is 2.28. The second-order valence-electron chi connectivity index (χ2n) is 5.00. The van der Waals surface area contributed by atoms with E-state index in [2.05, 4.69) is 5.32 Å². The molecule has 0 saturated heterocycles. The number of ether oxygens (including phenoxy) is 2. The SMILES string of the molecule is COc1ccc(C(=O)NC2CCCC2CCl)cc1OC. The summed E-state index contributed by atoms with van der Waals surface area (Å²) in [5.41, 5.74) is 0.572. The van der Waals surface area contributed by atoms with E-state index in [4.69, 9.17) is 21.1 Å². The van der Waals surface area contributed by atoms with Crippen molar-refractivity contribution in [2.45, 2.75) is 25.3 Å². The molecule has 0 aromatic heterocycles. The molecule has 1 aliphatic rings. The lowest BCUT2D eigenvalue weighted by molar-refractivity contribution is 0.0929. The lowest BCUT2D eigenvalue weighted by Gasteiger charge is -2.19. The topological polar surface area (TPSA) is 47.6 Å². The van der Waals surface area contributed by atoms with Crippen molar-refractivity contribution in [3.05, 3.63) is 23.8 Å². The Morgan fingerprint density at radius 3 is 2.70 bits per heavy atom. The number of carbonyl (C=O) groups is 1.